The maximum Gasteiger partial charge on any atom is 0.262 e. The summed E-state index contributed by atoms with van der Waals surface area (Å²) in [6, 6.07) is 12.0. The molecule has 2 heterocycles. The highest BCUT2D eigenvalue weighted by molar-refractivity contribution is 7.17. The normalized spacial score (nSPS) is 11.1. The van der Waals surface area contributed by atoms with E-state index >= 15 is 0 Å². The van der Waals surface area contributed by atoms with Crippen LogP contribution >= 0.6 is 11.3 Å². The third-order valence-electron chi connectivity index (χ3n) is 4.79. The van der Waals surface area contributed by atoms with Gasteiger partial charge in [-0.05, 0) is 54.8 Å². The van der Waals surface area contributed by atoms with Gasteiger partial charge in [0.15, 0.2) is 0 Å². The zero-order valence-electron chi connectivity index (χ0n) is 15.6. The molecular formula is C22H19FN2O2S. The third-order valence-corrected chi connectivity index (χ3v) is 5.68. The summed E-state index contributed by atoms with van der Waals surface area (Å²) in [6.07, 6.45) is 1.55. The first-order valence-corrected chi connectivity index (χ1v) is 9.83. The number of benzene rings is 2. The molecule has 2 aromatic heterocycles. The Bertz CT molecular complexity index is 1200. The fraction of sp³-hybridized carbons (Fsp3) is 0.182. The van der Waals surface area contributed by atoms with Gasteiger partial charge in [-0.25, -0.2) is 9.37 Å². The van der Waals surface area contributed by atoms with E-state index in [0.29, 0.717) is 24.3 Å². The van der Waals surface area contributed by atoms with Crippen LogP contribution in [0.1, 0.15) is 11.1 Å². The summed E-state index contributed by atoms with van der Waals surface area (Å²) in [7, 11) is 0. The second-order valence-electron chi connectivity index (χ2n) is 6.67. The first kappa shape index (κ1) is 18.4. The number of ether oxygens (including phenoxy) is 1. The van der Waals surface area contributed by atoms with Crippen molar-refractivity contribution in [2.75, 3.05) is 6.61 Å². The van der Waals surface area contributed by atoms with Crippen molar-refractivity contribution < 1.29 is 9.13 Å². The maximum atomic E-state index is 13.0. The van der Waals surface area contributed by atoms with Crippen LogP contribution in [-0.2, 0) is 6.54 Å². The van der Waals surface area contributed by atoms with Crippen molar-refractivity contribution in [2.45, 2.75) is 20.4 Å². The van der Waals surface area contributed by atoms with Crippen molar-refractivity contribution in [3.8, 4) is 16.9 Å². The summed E-state index contributed by atoms with van der Waals surface area (Å²) >= 11 is 1.47. The van der Waals surface area contributed by atoms with Gasteiger partial charge in [0, 0.05) is 10.9 Å². The van der Waals surface area contributed by atoms with Crippen LogP contribution in [0.15, 0.2) is 59.0 Å². The van der Waals surface area contributed by atoms with Crippen molar-refractivity contribution in [2.24, 2.45) is 0 Å². The first-order valence-electron chi connectivity index (χ1n) is 8.95. The lowest BCUT2D eigenvalue weighted by molar-refractivity contribution is 0.295. The van der Waals surface area contributed by atoms with Gasteiger partial charge >= 0.3 is 0 Å². The van der Waals surface area contributed by atoms with Crippen molar-refractivity contribution >= 4 is 21.6 Å². The van der Waals surface area contributed by atoms with E-state index in [2.05, 4.69) is 31.0 Å². The molecule has 0 saturated carbocycles. The summed E-state index contributed by atoms with van der Waals surface area (Å²) in [5.74, 6) is 0.254. The van der Waals surface area contributed by atoms with Crippen molar-refractivity contribution in [3.05, 3.63) is 81.5 Å². The van der Waals surface area contributed by atoms with Crippen LogP contribution in [0, 0.1) is 19.7 Å². The molecule has 0 fully saturated rings. The quantitative estimate of drug-likeness (QED) is 0.481. The predicted octanol–water partition coefficient (Wildman–Crippen LogP) is 4.96. The van der Waals surface area contributed by atoms with E-state index in [9.17, 15) is 9.18 Å². The summed E-state index contributed by atoms with van der Waals surface area (Å²) in [5.41, 5.74) is 4.26. The summed E-state index contributed by atoms with van der Waals surface area (Å²) in [5, 5.41) is 2.63. The second-order valence-corrected chi connectivity index (χ2v) is 7.53. The summed E-state index contributed by atoms with van der Waals surface area (Å²) < 4.78 is 20.1. The molecule has 0 atom stereocenters. The molecule has 0 radical (unpaired) electrons. The monoisotopic (exact) mass is 394 g/mol. The molecule has 4 rings (SSSR count). The number of rotatable bonds is 5. The molecule has 2 aromatic carbocycles. The molecule has 0 aliphatic carbocycles. The van der Waals surface area contributed by atoms with Crippen LogP contribution in [0.4, 0.5) is 4.39 Å². The SMILES string of the molecule is Cc1ccc(-c2csc3ncn(CCOc4ccc(F)cc4)c(=O)c23)cc1C. The van der Waals surface area contributed by atoms with Gasteiger partial charge in [0.2, 0.25) is 0 Å². The highest BCUT2D eigenvalue weighted by Gasteiger charge is 2.14. The standard InChI is InChI=1S/C22H19FN2O2S/c1-14-3-4-16(11-15(14)2)19-12-28-21-20(19)22(26)25(13-24-21)9-10-27-18-7-5-17(23)6-8-18/h3-8,11-13H,9-10H2,1-2H3. The Labute approximate surface area is 165 Å². The minimum atomic E-state index is -0.311. The average molecular weight is 394 g/mol. The van der Waals surface area contributed by atoms with E-state index in [1.54, 1.807) is 23.0 Å². The van der Waals surface area contributed by atoms with Gasteiger partial charge in [-0.15, -0.1) is 11.3 Å². The van der Waals surface area contributed by atoms with Gasteiger partial charge in [0.05, 0.1) is 18.3 Å². The Morgan fingerprint density at radius 3 is 2.64 bits per heavy atom. The Balaban J connectivity index is 1.61. The van der Waals surface area contributed by atoms with Gasteiger partial charge in [0.25, 0.3) is 5.56 Å². The molecule has 142 valence electrons. The predicted molar refractivity (Wildman–Crippen MR) is 111 cm³/mol. The molecule has 4 aromatic rings. The molecule has 0 N–H and O–H groups in total. The molecule has 0 unspecified atom stereocenters. The zero-order chi connectivity index (χ0) is 19.7. The Kier molecular flexibility index (Phi) is 4.96. The smallest absolute Gasteiger partial charge is 0.262 e. The van der Waals surface area contributed by atoms with Crippen LogP contribution < -0.4 is 10.3 Å². The van der Waals surface area contributed by atoms with Gasteiger partial charge in [0.1, 0.15) is 23.0 Å². The van der Waals surface area contributed by atoms with Crippen LogP contribution in [0.25, 0.3) is 21.3 Å². The number of hydrogen-bond acceptors (Lipinski definition) is 4. The number of aromatic nitrogens is 2. The van der Waals surface area contributed by atoms with Gasteiger partial charge in [-0.1, -0.05) is 18.2 Å². The fourth-order valence-corrected chi connectivity index (χ4v) is 3.95. The second kappa shape index (κ2) is 7.56. The lowest BCUT2D eigenvalue weighted by atomic mass is 10.0. The molecule has 0 spiro atoms. The van der Waals surface area contributed by atoms with Crippen molar-refractivity contribution in [1.29, 1.82) is 0 Å². The van der Waals surface area contributed by atoms with E-state index < -0.39 is 0 Å². The zero-order valence-corrected chi connectivity index (χ0v) is 16.4. The molecule has 0 bridgehead atoms. The average Bonchev–Trinajstić information content (AvgIpc) is 3.12. The molecule has 4 nitrogen and oxygen atoms in total. The third kappa shape index (κ3) is 3.55. The number of thiophene rings is 1. The van der Waals surface area contributed by atoms with Crippen LogP contribution in [0.3, 0.4) is 0 Å². The molecule has 6 heteroatoms. The van der Waals surface area contributed by atoms with Gasteiger partial charge in [-0.2, -0.15) is 0 Å². The minimum absolute atomic E-state index is 0.0813. The number of hydrogen-bond donors (Lipinski definition) is 0. The van der Waals surface area contributed by atoms with Crippen molar-refractivity contribution in [1.82, 2.24) is 9.55 Å². The number of nitrogens with zero attached hydrogens (tertiary/aromatic N) is 2. The van der Waals surface area contributed by atoms with Crippen LogP contribution in [0.2, 0.25) is 0 Å². The molecule has 0 aliphatic heterocycles. The molecule has 0 amide bonds. The molecule has 0 aliphatic rings. The molecule has 0 saturated heterocycles. The summed E-state index contributed by atoms with van der Waals surface area (Å²) in [6.45, 7) is 4.79. The van der Waals surface area contributed by atoms with E-state index in [0.717, 1.165) is 16.0 Å². The summed E-state index contributed by atoms with van der Waals surface area (Å²) in [4.78, 5) is 18.2. The lowest BCUT2D eigenvalue weighted by Gasteiger charge is -2.09. The Morgan fingerprint density at radius 1 is 1.11 bits per heavy atom. The number of fused-ring (bicyclic) bond motifs is 1. The highest BCUT2D eigenvalue weighted by atomic mass is 32.1. The van der Waals surface area contributed by atoms with Gasteiger partial charge < -0.3 is 4.74 Å². The largest absolute Gasteiger partial charge is 0.492 e. The van der Waals surface area contributed by atoms with Crippen LogP contribution in [0.5, 0.6) is 5.75 Å². The fourth-order valence-electron chi connectivity index (χ4n) is 3.04. The van der Waals surface area contributed by atoms with Crippen molar-refractivity contribution in [3.63, 3.8) is 0 Å². The van der Waals surface area contributed by atoms with E-state index in [1.807, 2.05) is 11.4 Å². The Hall–Kier alpha value is -2.99. The lowest BCUT2D eigenvalue weighted by Crippen LogP contribution is -2.23. The van der Waals surface area contributed by atoms with E-state index in [-0.39, 0.29) is 11.4 Å². The maximum absolute atomic E-state index is 13.0. The highest BCUT2D eigenvalue weighted by Crippen LogP contribution is 2.31. The number of halogens is 1. The van der Waals surface area contributed by atoms with E-state index in [1.165, 1.54) is 34.6 Å². The Morgan fingerprint density at radius 2 is 1.89 bits per heavy atom. The molecular weight excluding hydrogens is 375 g/mol. The minimum Gasteiger partial charge on any atom is -0.492 e. The first-order chi connectivity index (χ1) is 13.5. The topological polar surface area (TPSA) is 44.1 Å². The number of aryl methyl sites for hydroxylation is 2. The molecule has 28 heavy (non-hydrogen) atoms. The van der Waals surface area contributed by atoms with Crippen LogP contribution in [-0.4, -0.2) is 16.2 Å². The van der Waals surface area contributed by atoms with Gasteiger partial charge in [-0.3, -0.25) is 9.36 Å². The van der Waals surface area contributed by atoms with E-state index in [4.69, 9.17) is 4.74 Å².